The third-order valence-corrected chi connectivity index (χ3v) is 4.38. The van der Waals surface area contributed by atoms with Crippen LogP contribution in [0, 0.1) is 18.3 Å². The first-order valence-electron chi connectivity index (χ1n) is 7.48. The summed E-state index contributed by atoms with van der Waals surface area (Å²) in [6.45, 7) is 2.61. The topological polar surface area (TPSA) is 112 Å². The summed E-state index contributed by atoms with van der Waals surface area (Å²) in [7, 11) is 0. The van der Waals surface area contributed by atoms with E-state index in [0.29, 0.717) is 6.61 Å². The molecule has 0 radical (unpaired) electrons. The molecule has 0 atom stereocenters. The summed E-state index contributed by atoms with van der Waals surface area (Å²) in [5.41, 5.74) is 4.02. The third-order valence-electron chi connectivity index (χ3n) is 3.39. The van der Waals surface area contributed by atoms with Crippen LogP contribution in [0.1, 0.15) is 16.4 Å². The Labute approximate surface area is 148 Å². The first kappa shape index (κ1) is 16.6. The number of aromatic nitrogens is 5. The summed E-state index contributed by atoms with van der Waals surface area (Å²) in [5, 5.41) is 25.4. The van der Waals surface area contributed by atoms with Crippen molar-refractivity contribution >= 4 is 22.6 Å². The van der Waals surface area contributed by atoms with Gasteiger partial charge in [0.25, 0.3) is 0 Å². The molecule has 8 nitrogen and oxygen atoms in total. The number of ether oxygens (including phenoxy) is 1. The standard InChI is InChI=1S/C16H15N7OS/c1-11-15(25-10-19-11)6-7-24-14-4-2-13(3-5-14)18-9-12(8-17)16-20-22-23-21-16/h2-5,9-10,18H,6-7H2,1H3,(H,20,21,22,23). The fourth-order valence-electron chi connectivity index (χ4n) is 2.05. The molecule has 0 aliphatic rings. The lowest BCUT2D eigenvalue weighted by Gasteiger charge is -2.07. The number of hydrogen-bond donors (Lipinski definition) is 2. The van der Waals surface area contributed by atoms with Crippen LogP contribution in [0.15, 0.2) is 36.0 Å². The average molecular weight is 353 g/mol. The molecular weight excluding hydrogens is 338 g/mol. The summed E-state index contributed by atoms with van der Waals surface area (Å²) in [6.07, 6.45) is 2.38. The van der Waals surface area contributed by atoms with Gasteiger partial charge in [-0.3, -0.25) is 0 Å². The highest BCUT2D eigenvalue weighted by Crippen LogP contribution is 2.18. The van der Waals surface area contributed by atoms with E-state index in [1.807, 2.05) is 42.8 Å². The Kier molecular flexibility index (Phi) is 5.33. The molecule has 25 heavy (non-hydrogen) atoms. The van der Waals surface area contributed by atoms with Gasteiger partial charge in [-0.15, -0.1) is 21.5 Å². The van der Waals surface area contributed by atoms with Crippen LogP contribution < -0.4 is 10.1 Å². The molecule has 0 aliphatic carbocycles. The van der Waals surface area contributed by atoms with E-state index in [1.54, 1.807) is 11.3 Å². The Morgan fingerprint density at radius 3 is 2.88 bits per heavy atom. The van der Waals surface area contributed by atoms with E-state index in [9.17, 15) is 0 Å². The number of tetrazole rings is 1. The highest BCUT2D eigenvalue weighted by molar-refractivity contribution is 7.09. The summed E-state index contributed by atoms with van der Waals surface area (Å²) >= 11 is 1.65. The minimum Gasteiger partial charge on any atom is -0.493 e. The Morgan fingerprint density at radius 2 is 2.24 bits per heavy atom. The molecule has 0 unspecified atom stereocenters. The van der Waals surface area contributed by atoms with Gasteiger partial charge in [-0.1, -0.05) is 0 Å². The van der Waals surface area contributed by atoms with Crippen LogP contribution >= 0.6 is 11.3 Å². The number of nitrogens with zero attached hydrogens (tertiary/aromatic N) is 5. The van der Waals surface area contributed by atoms with Gasteiger partial charge in [0.1, 0.15) is 17.4 Å². The lowest BCUT2D eigenvalue weighted by atomic mass is 10.2. The number of H-pyrrole nitrogens is 1. The molecule has 2 N–H and O–H groups in total. The molecule has 2 heterocycles. The van der Waals surface area contributed by atoms with Crippen molar-refractivity contribution in [1.29, 1.82) is 5.26 Å². The van der Waals surface area contributed by atoms with Crippen molar-refractivity contribution in [3.63, 3.8) is 0 Å². The number of nitriles is 1. The van der Waals surface area contributed by atoms with Gasteiger partial charge in [-0.25, -0.2) is 4.98 Å². The van der Waals surface area contributed by atoms with E-state index in [4.69, 9.17) is 10.00 Å². The molecule has 0 saturated heterocycles. The molecule has 0 spiro atoms. The molecule has 9 heteroatoms. The maximum Gasteiger partial charge on any atom is 0.216 e. The second-order valence-corrected chi connectivity index (χ2v) is 5.97. The Morgan fingerprint density at radius 1 is 1.40 bits per heavy atom. The Balaban J connectivity index is 1.53. The Hall–Kier alpha value is -3.25. The van der Waals surface area contributed by atoms with Gasteiger partial charge in [0.15, 0.2) is 0 Å². The number of rotatable bonds is 7. The molecule has 0 bridgehead atoms. The van der Waals surface area contributed by atoms with Crippen LogP contribution in [0.3, 0.4) is 0 Å². The van der Waals surface area contributed by atoms with Crippen molar-refractivity contribution in [2.75, 3.05) is 11.9 Å². The molecular formula is C16H15N7OS. The summed E-state index contributed by atoms with van der Waals surface area (Å²) < 4.78 is 5.75. The van der Waals surface area contributed by atoms with Crippen molar-refractivity contribution in [3.05, 3.63) is 52.4 Å². The number of anilines is 1. The number of hydrogen-bond acceptors (Lipinski definition) is 8. The van der Waals surface area contributed by atoms with Crippen molar-refractivity contribution in [3.8, 4) is 11.8 Å². The molecule has 3 aromatic rings. The van der Waals surface area contributed by atoms with E-state index in [2.05, 4.69) is 30.9 Å². The fraction of sp³-hybridized carbons (Fsp3) is 0.188. The molecule has 1 aromatic carbocycles. The number of benzene rings is 1. The summed E-state index contributed by atoms with van der Waals surface area (Å²) in [4.78, 5) is 5.47. The van der Waals surface area contributed by atoms with Crippen molar-refractivity contribution in [2.24, 2.45) is 0 Å². The zero-order valence-electron chi connectivity index (χ0n) is 13.4. The van der Waals surface area contributed by atoms with E-state index in [0.717, 1.165) is 23.6 Å². The lowest BCUT2D eigenvalue weighted by Crippen LogP contribution is -2.01. The predicted molar refractivity (Wildman–Crippen MR) is 93.9 cm³/mol. The third kappa shape index (κ3) is 4.39. The normalized spacial score (nSPS) is 11.1. The summed E-state index contributed by atoms with van der Waals surface area (Å²) in [5.74, 6) is 1.03. The number of nitrogens with one attached hydrogen (secondary N) is 2. The van der Waals surface area contributed by atoms with Gasteiger partial charge in [-0.05, 0) is 36.4 Å². The Bertz CT molecular complexity index is 878. The van der Waals surface area contributed by atoms with Crippen LogP contribution in [0.5, 0.6) is 5.75 Å². The number of aryl methyl sites for hydroxylation is 1. The van der Waals surface area contributed by atoms with Gasteiger partial charge >= 0.3 is 0 Å². The maximum atomic E-state index is 9.11. The molecule has 3 rings (SSSR count). The second-order valence-electron chi connectivity index (χ2n) is 5.03. The van der Waals surface area contributed by atoms with E-state index >= 15 is 0 Å². The highest BCUT2D eigenvalue weighted by atomic mass is 32.1. The molecule has 0 amide bonds. The second kappa shape index (κ2) is 8.03. The van der Waals surface area contributed by atoms with Gasteiger partial charge in [0, 0.05) is 23.2 Å². The van der Waals surface area contributed by atoms with Crippen molar-refractivity contribution in [2.45, 2.75) is 13.3 Å². The molecule has 0 aliphatic heterocycles. The monoisotopic (exact) mass is 353 g/mol. The SMILES string of the molecule is Cc1ncsc1CCOc1ccc(NC=C(C#N)c2nn[nH]n2)cc1. The van der Waals surface area contributed by atoms with E-state index in [1.165, 1.54) is 11.1 Å². The number of thiazole rings is 1. The molecule has 0 saturated carbocycles. The maximum absolute atomic E-state index is 9.11. The van der Waals surface area contributed by atoms with Gasteiger partial charge in [-0.2, -0.15) is 10.5 Å². The molecule has 0 fully saturated rings. The molecule has 2 aromatic heterocycles. The van der Waals surface area contributed by atoms with Crippen LogP contribution in [0.2, 0.25) is 0 Å². The highest BCUT2D eigenvalue weighted by Gasteiger charge is 2.05. The average Bonchev–Trinajstić information content (AvgIpc) is 3.29. The van der Waals surface area contributed by atoms with E-state index in [-0.39, 0.29) is 11.4 Å². The van der Waals surface area contributed by atoms with Gasteiger partial charge in [0.05, 0.1) is 17.8 Å². The van der Waals surface area contributed by atoms with Gasteiger partial charge < -0.3 is 10.1 Å². The van der Waals surface area contributed by atoms with Crippen molar-refractivity contribution in [1.82, 2.24) is 25.6 Å². The first-order valence-corrected chi connectivity index (χ1v) is 8.36. The minimum atomic E-state index is 0.244. The van der Waals surface area contributed by atoms with Crippen LogP contribution in [0.25, 0.3) is 5.57 Å². The van der Waals surface area contributed by atoms with Gasteiger partial charge in [0.2, 0.25) is 5.82 Å². The zero-order valence-corrected chi connectivity index (χ0v) is 14.2. The van der Waals surface area contributed by atoms with Crippen LogP contribution in [-0.4, -0.2) is 32.2 Å². The first-order chi connectivity index (χ1) is 12.3. The largest absolute Gasteiger partial charge is 0.493 e. The lowest BCUT2D eigenvalue weighted by molar-refractivity contribution is 0.322. The number of allylic oxidation sites excluding steroid dienone is 1. The summed E-state index contributed by atoms with van der Waals surface area (Å²) in [6, 6.07) is 9.50. The fourth-order valence-corrected chi connectivity index (χ4v) is 2.82. The molecule has 126 valence electrons. The minimum absolute atomic E-state index is 0.244. The van der Waals surface area contributed by atoms with Crippen molar-refractivity contribution < 1.29 is 4.74 Å². The quantitative estimate of drug-likeness (QED) is 0.628. The van der Waals surface area contributed by atoms with Crippen LogP contribution in [0.4, 0.5) is 5.69 Å². The predicted octanol–water partition coefficient (Wildman–Crippen LogP) is 2.56. The van der Waals surface area contributed by atoms with Crippen LogP contribution in [-0.2, 0) is 6.42 Å². The smallest absolute Gasteiger partial charge is 0.216 e. The van der Waals surface area contributed by atoms with E-state index < -0.39 is 0 Å². The zero-order chi connectivity index (χ0) is 17.5. The number of aromatic amines is 1.